The Kier molecular flexibility index (Phi) is 3.69. The molecule has 0 fully saturated rings. The van der Waals surface area contributed by atoms with Crippen LogP contribution >= 0.6 is 0 Å². The maximum absolute atomic E-state index is 10.7. The highest BCUT2D eigenvalue weighted by molar-refractivity contribution is 5.73. The number of nitrogens with zero attached hydrogens (tertiary/aromatic N) is 1. The topological polar surface area (TPSA) is 76.2 Å². The van der Waals surface area contributed by atoms with Crippen molar-refractivity contribution in [2.24, 2.45) is 5.73 Å². The Morgan fingerprint density at radius 3 is 2.22 bits per heavy atom. The molecule has 0 spiro atoms. The number of hydrogen-bond acceptors (Lipinski definition) is 3. The molecule has 0 aliphatic carbocycles. The summed E-state index contributed by atoms with van der Waals surface area (Å²) in [6, 6.07) is 10.7. The average Bonchev–Trinajstić information content (AvgIpc) is 2.40. The van der Waals surface area contributed by atoms with E-state index in [0.717, 1.165) is 16.7 Å². The fourth-order valence-corrected chi connectivity index (χ4v) is 1.72. The summed E-state index contributed by atoms with van der Waals surface area (Å²) in [5, 5.41) is 8.74. The molecular formula is C14H14N2O2. The molecule has 1 aromatic heterocycles. The molecule has 0 amide bonds. The van der Waals surface area contributed by atoms with Crippen LogP contribution in [0.2, 0.25) is 0 Å². The molecule has 0 unspecified atom stereocenters. The van der Waals surface area contributed by atoms with Crippen molar-refractivity contribution in [2.75, 3.05) is 0 Å². The minimum absolute atomic E-state index is 0.339. The summed E-state index contributed by atoms with van der Waals surface area (Å²) >= 11 is 0. The van der Waals surface area contributed by atoms with Crippen molar-refractivity contribution in [3.05, 3.63) is 54.4 Å². The average molecular weight is 242 g/mol. The third-order valence-corrected chi connectivity index (χ3v) is 2.74. The number of carbonyl (C=O) groups is 1. The van der Waals surface area contributed by atoms with E-state index in [9.17, 15) is 4.79 Å². The third-order valence-electron chi connectivity index (χ3n) is 2.74. The summed E-state index contributed by atoms with van der Waals surface area (Å²) in [6.07, 6.45) is 3.82. The molecule has 0 saturated carbocycles. The second-order valence-electron chi connectivity index (χ2n) is 4.08. The number of carboxylic acid groups (broad SMARTS) is 1. The highest BCUT2D eigenvalue weighted by atomic mass is 16.4. The van der Waals surface area contributed by atoms with Gasteiger partial charge in [0, 0.05) is 12.4 Å². The van der Waals surface area contributed by atoms with Crippen molar-refractivity contribution >= 4 is 5.97 Å². The van der Waals surface area contributed by atoms with Gasteiger partial charge in [-0.05, 0) is 35.2 Å². The molecular weight excluding hydrogens is 228 g/mol. The zero-order valence-corrected chi connectivity index (χ0v) is 9.78. The van der Waals surface area contributed by atoms with Gasteiger partial charge in [-0.2, -0.15) is 0 Å². The Morgan fingerprint density at radius 1 is 1.11 bits per heavy atom. The van der Waals surface area contributed by atoms with Gasteiger partial charge in [-0.3, -0.25) is 9.78 Å². The van der Waals surface area contributed by atoms with Crippen LogP contribution in [0.3, 0.4) is 0 Å². The smallest absolute Gasteiger partial charge is 0.320 e. The van der Waals surface area contributed by atoms with Gasteiger partial charge in [0.15, 0.2) is 0 Å². The van der Waals surface area contributed by atoms with Gasteiger partial charge in [0.25, 0.3) is 0 Å². The Bertz CT molecular complexity index is 523. The number of hydrogen-bond donors (Lipinski definition) is 2. The van der Waals surface area contributed by atoms with E-state index in [1.807, 2.05) is 36.4 Å². The molecule has 0 aliphatic heterocycles. The fourth-order valence-electron chi connectivity index (χ4n) is 1.72. The molecule has 18 heavy (non-hydrogen) atoms. The van der Waals surface area contributed by atoms with Crippen LogP contribution < -0.4 is 5.73 Å². The summed E-state index contributed by atoms with van der Waals surface area (Å²) in [5.41, 5.74) is 8.57. The molecule has 0 bridgehead atoms. The van der Waals surface area contributed by atoms with E-state index in [-0.39, 0.29) is 0 Å². The van der Waals surface area contributed by atoms with Gasteiger partial charge >= 0.3 is 5.97 Å². The van der Waals surface area contributed by atoms with E-state index in [1.54, 1.807) is 12.4 Å². The van der Waals surface area contributed by atoms with Gasteiger partial charge in [0.1, 0.15) is 6.04 Å². The molecule has 2 aromatic rings. The van der Waals surface area contributed by atoms with Crippen LogP contribution in [0.5, 0.6) is 0 Å². The minimum atomic E-state index is -0.979. The monoisotopic (exact) mass is 242 g/mol. The van der Waals surface area contributed by atoms with Crippen molar-refractivity contribution in [3.8, 4) is 11.1 Å². The van der Waals surface area contributed by atoms with E-state index in [0.29, 0.717) is 6.42 Å². The van der Waals surface area contributed by atoms with Crippen molar-refractivity contribution in [1.29, 1.82) is 0 Å². The second kappa shape index (κ2) is 5.42. The number of aromatic nitrogens is 1. The number of rotatable bonds is 4. The summed E-state index contributed by atoms with van der Waals surface area (Å²) in [7, 11) is 0. The Balaban J connectivity index is 2.13. The minimum Gasteiger partial charge on any atom is -0.480 e. The standard InChI is InChI=1S/C14H14N2O2/c15-13(14(17)18)9-10-1-3-11(4-2-10)12-5-7-16-8-6-12/h1-8,13H,9,15H2,(H,17,18)/t13-/m1/s1. The maximum atomic E-state index is 10.7. The van der Waals surface area contributed by atoms with Gasteiger partial charge < -0.3 is 10.8 Å². The lowest BCUT2D eigenvalue weighted by Crippen LogP contribution is -2.32. The number of carboxylic acids is 1. The molecule has 1 aromatic carbocycles. The quantitative estimate of drug-likeness (QED) is 0.855. The number of benzene rings is 1. The van der Waals surface area contributed by atoms with Crippen LogP contribution in [0.25, 0.3) is 11.1 Å². The normalized spacial score (nSPS) is 12.1. The largest absolute Gasteiger partial charge is 0.480 e. The summed E-state index contributed by atoms with van der Waals surface area (Å²) < 4.78 is 0. The first-order chi connectivity index (χ1) is 8.66. The van der Waals surface area contributed by atoms with Gasteiger partial charge in [-0.1, -0.05) is 24.3 Å². The molecule has 0 saturated heterocycles. The molecule has 4 heteroatoms. The van der Waals surface area contributed by atoms with Gasteiger partial charge in [0.05, 0.1) is 0 Å². The van der Waals surface area contributed by atoms with E-state index in [4.69, 9.17) is 10.8 Å². The molecule has 1 atom stereocenters. The summed E-state index contributed by atoms with van der Waals surface area (Å²) in [5.74, 6) is -0.979. The summed E-state index contributed by atoms with van der Waals surface area (Å²) in [4.78, 5) is 14.6. The molecule has 0 radical (unpaired) electrons. The highest BCUT2D eigenvalue weighted by Crippen LogP contribution is 2.19. The van der Waals surface area contributed by atoms with E-state index >= 15 is 0 Å². The lowest BCUT2D eigenvalue weighted by Gasteiger charge is -2.07. The van der Waals surface area contributed by atoms with Crippen LogP contribution in [0.4, 0.5) is 0 Å². The molecule has 92 valence electrons. The van der Waals surface area contributed by atoms with Crippen molar-refractivity contribution in [3.63, 3.8) is 0 Å². The first kappa shape index (κ1) is 12.3. The zero-order valence-electron chi connectivity index (χ0n) is 9.78. The highest BCUT2D eigenvalue weighted by Gasteiger charge is 2.11. The molecule has 1 heterocycles. The van der Waals surface area contributed by atoms with E-state index in [2.05, 4.69) is 4.98 Å². The molecule has 2 rings (SSSR count). The fraction of sp³-hybridized carbons (Fsp3) is 0.143. The zero-order chi connectivity index (χ0) is 13.0. The van der Waals surface area contributed by atoms with E-state index in [1.165, 1.54) is 0 Å². The third kappa shape index (κ3) is 2.93. The van der Waals surface area contributed by atoms with Crippen LogP contribution in [0.15, 0.2) is 48.8 Å². The SMILES string of the molecule is N[C@H](Cc1ccc(-c2ccncc2)cc1)C(=O)O. The molecule has 4 nitrogen and oxygen atoms in total. The number of aliphatic carboxylic acids is 1. The number of pyridine rings is 1. The van der Waals surface area contributed by atoms with Gasteiger partial charge in [-0.15, -0.1) is 0 Å². The first-order valence-electron chi connectivity index (χ1n) is 5.64. The lowest BCUT2D eigenvalue weighted by atomic mass is 10.0. The van der Waals surface area contributed by atoms with Crippen molar-refractivity contribution < 1.29 is 9.90 Å². The van der Waals surface area contributed by atoms with Crippen molar-refractivity contribution in [1.82, 2.24) is 4.98 Å². The second-order valence-corrected chi connectivity index (χ2v) is 4.08. The number of nitrogens with two attached hydrogens (primary N) is 1. The summed E-state index contributed by atoms with van der Waals surface area (Å²) in [6.45, 7) is 0. The lowest BCUT2D eigenvalue weighted by molar-refractivity contribution is -0.138. The van der Waals surface area contributed by atoms with Crippen LogP contribution in [0, 0.1) is 0 Å². The Labute approximate surface area is 105 Å². The predicted octanol–water partition coefficient (Wildman–Crippen LogP) is 1.70. The van der Waals surface area contributed by atoms with E-state index < -0.39 is 12.0 Å². The molecule has 3 N–H and O–H groups in total. The Hall–Kier alpha value is -2.20. The van der Waals surface area contributed by atoms with Gasteiger partial charge in [-0.25, -0.2) is 0 Å². The maximum Gasteiger partial charge on any atom is 0.320 e. The Morgan fingerprint density at radius 2 is 1.67 bits per heavy atom. The molecule has 0 aliphatic rings. The first-order valence-corrected chi connectivity index (χ1v) is 5.64. The predicted molar refractivity (Wildman–Crippen MR) is 69.0 cm³/mol. The van der Waals surface area contributed by atoms with Gasteiger partial charge in [0.2, 0.25) is 0 Å². The van der Waals surface area contributed by atoms with Crippen LogP contribution in [-0.4, -0.2) is 22.1 Å². The van der Waals surface area contributed by atoms with Crippen LogP contribution in [0.1, 0.15) is 5.56 Å². The van der Waals surface area contributed by atoms with Crippen LogP contribution in [-0.2, 0) is 11.2 Å². The van der Waals surface area contributed by atoms with Crippen molar-refractivity contribution in [2.45, 2.75) is 12.5 Å².